The number of pyridine rings is 1. The second-order valence-corrected chi connectivity index (χ2v) is 7.49. The molecule has 1 fully saturated rings. The highest BCUT2D eigenvalue weighted by molar-refractivity contribution is 6.32. The van der Waals surface area contributed by atoms with Crippen LogP contribution < -0.4 is 0 Å². The predicted octanol–water partition coefficient (Wildman–Crippen LogP) is 6.83. The maximum atomic E-state index is 13.4. The van der Waals surface area contributed by atoms with Crippen molar-refractivity contribution < 1.29 is 8.78 Å². The number of hydrogen-bond donors (Lipinski definition) is 0. The van der Waals surface area contributed by atoms with Crippen LogP contribution in [-0.4, -0.2) is 4.98 Å². The van der Waals surface area contributed by atoms with Gasteiger partial charge in [-0.3, -0.25) is 0 Å². The van der Waals surface area contributed by atoms with E-state index in [9.17, 15) is 8.78 Å². The van der Waals surface area contributed by atoms with Crippen LogP contribution in [0, 0.1) is 23.6 Å². The molecular weight excluding hydrogens is 340 g/mol. The van der Waals surface area contributed by atoms with Crippen molar-refractivity contribution in [3.05, 3.63) is 52.8 Å². The molecule has 0 saturated heterocycles. The lowest BCUT2D eigenvalue weighted by Gasteiger charge is -2.27. The molecule has 0 N–H and O–H groups in total. The number of aryl methyl sites for hydroxylation is 1. The molecule has 0 unspecified atom stereocenters. The highest BCUT2D eigenvalue weighted by Gasteiger charge is 2.19. The van der Waals surface area contributed by atoms with E-state index in [0.29, 0.717) is 5.56 Å². The van der Waals surface area contributed by atoms with Crippen LogP contribution in [0.3, 0.4) is 0 Å². The molecule has 0 radical (unpaired) electrons. The molecule has 0 amide bonds. The van der Waals surface area contributed by atoms with Crippen molar-refractivity contribution >= 4 is 11.6 Å². The minimum absolute atomic E-state index is 0.0145. The lowest BCUT2D eigenvalue weighted by atomic mass is 9.78. The molecule has 2 aromatic rings. The van der Waals surface area contributed by atoms with E-state index in [0.717, 1.165) is 29.9 Å². The molecule has 0 bridgehead atoms. The highest BCUT2D eigenvalue weighted by atomic mass is 35.5. The van der Waals surface area contributed by atoms with Gasteiger partial charge >= 0.3 is 0 Å². The quantitative estimate of drug-likeness (QED) is 0.530. The summed E-state index contributed by atoms with van der Waals surface area (Å²) in [4.78, 5) is 3.41. The number of rotatable bonds is 5. The summed E-state index contributed by atoms with van der Waals surface area (Å²) in [5, 5.41) is -0.0145. The van der Waals surface area contributed by atoms with Crippen molar-refractivity contribution in [1.82, 2.24) is 4.98 Å². The van der Waals surface area contributed by atoms with Gasteiger partial charge in [0.15, 0.2) is 5.82 Å². The van der Waals surface area contributed by atoms with Crippen LogP contribution in [0.1, 0.15) is 51.0 Å². The molecule has 3 rings (SSSR count). The standard InChI is InChI=1S/C21H24ClF2N/c1-2-14-3-5-15(6-4-14)7-8-16-9-11-17(12-10-16)18-13-19(23)21(24)25-20(18)22/h9-15H,2-8H2,1H3/t14-,15-. The molecule has 134 valence electrons. The van der Waals surface area contributed by atoms with E-state index in [4.69, 9.17) is 11.6 Å². The normalized spacial score (nSPS) is 20.6. The average Bonchev–Trinajstić information content (AvgIpc) is 2.64. The molecule has 0 aliphatic heterocycles. The first-order valence-corrected chi connectivity index (χ1v) is 9.55. The van der Waals surface area contributed by atoms with Crippen LogP contribution in [0.15, 0.2) is 30.3 Å². The number of hydrogen-bond acceptors (Lipinski definition) is 1. The van der Waals surface area contributed by atoms with E-state index in [2.05, 4.69) is 11.9 Å². The molecule has 1 aromatic heterocycles. The zero-order valence-electron chi connectivity index (χ0n) is 14.6. The van der Waals surface area contributed by atoms with Crippen LogP contribution in [0.2, 0.25) is 5.15 Å². The maximum absolute atomic E-state index is 13.4. The Bertz CT molecular complexity index is 707. The molecule has 4 heteroatoms. The molecule has 0 atom stereocenters. The summed E-state index contributed by atoms with van der Waals surface area (Å²) in [6.45, 7) is 2.29. The Kier molecular flexibility index (Phi) is 6.06. The first-order valence-electron chi connectivity index (χ1n) is 9.17. The van der Waals surface area contributed by atoms with Gasteiger partial charge in [-0.1, -0.05) is 74.9 Å². The summed E-state index contributed by atoms with van der Waals surface area (Å²) < 4.78 is 26.5. The Morgan fingerprint density at radius 2 is 1.68 bits per heavy atom. The summed E-state index contributed by atoms with van der Waals surface area (Å²) in [7, 11) is 0. The van der Waals surface area contributed by atoms with Gasteiger partial charge in [0.2, 0.25) is 5.95 Å². The van der Waals surface area contributed by atoms with Crippen LogP contribution in [0.5, 0.6) is 0 Å². The number of benzene rings is 1. The largest absolute Gasteiger partial charge is 0.250 e. The lowest BCUT2D eigenvalue weighted by molar-refractivity contribution is 0.259. The number of nitrogens with zero attached hydrogens (tertiary/aromatic N) is 1. The Morgan fingerprint density at radius 1 is 1.04 bits per heavy atom. The van der Waals surface area contributed by atoms with E-state index in [1.807, 2.05) is 24.3 Å². The molecule has 1 saturated carbocycles. The van der Waals surface area contributed by atoms with Crippen molar-refractivity contribution in [3.63, 3.8) is 0 Å². The third kappa shape index (κ3) is 4.58. The summed E-state index contributed by atoms with van der Waals surface area (Å²) in [5.41, 5.74) is 2.45. The number of aromatic nitrogens is 1. The van der Waals surface area contributed by atoms with Crippen molar-refractivity contribution in [3.8, 4) is 11.1 Å². The summed E-state index contributed by atoms with van der Waals surface area (Å²) >= 11 is 5.94. The number of halogens is 3. The van der Waals surface area contributed by atoms with Crippen molar-refractivity contribution in [1.29, 1.82) is 0 Å². The topological polar surface area (TPSA) is 12.9 Å². The van der Waals surface area contributed by atoms with Gasteiger partial charge in [0.25, 0.3) is 0 Å². The van der Waals surface area contributed by atoms with Crippen molar-refractivity contribution in [2.75, 3.05) is 0 Å². The van der Waals surface area contributed by atoms with E-state index >= 15 is 0 Å². The lowest BCUT2D eigenvalue weighted by Crippen LogP contribution is -2.14. The fourth-order valence-corrected chi connectivity index (χ4v) is 4.04. The van der Waals surface area contributed by atoms with E-state index in [1.54, 1.807) is 0 Å². The minimum Gasteiger partial charge on any atom is -0.205 e. The third-order valence-corrected chi connectivity index (χ3v) is 5.82. The predicted molar refractivity (Wildman–Crippen MR) is 98.7 cm³/mol. The monoisotopic (exact) mass is 363 g/mol. The van der Waals surface area contributed by atoms with Crippen LogP contribution in [0.25, 0.3) is 11.1 Å². The maximum Gasteiger partial charge on any atom is 0.250 e. The van der Waals surface area contributed by atoms with Gasteiger partial charge < -0.3 is 0 Å². The van der Waals surface area contributed by atoms with Gasteiger partial charge in [-0.05, 0) is 41.9 Å². The van der Waals surface area contributed by atoms with E-state index < -0.39 is 11.8 Å². The van der Waals surface area contributed by atoms with Crippen LogP contribution >= 0.6 is 11.6 Å². The van der Waals surface area contributed by atoms with Crippen LogP contribution in [-0.2, 0) is 6.42 Å². The van der Waals surface area contributed by atoms with Gasteiger partial charge in [0, 0.05) is 5.56 Å². The first kappa shape index (κ1) is 18.3. The van der Waals surface area contributed by atoms with Gasteiger partial charge in [0.05, 0.1) is 0 Å². The Hall–Kier alpha value is -1.48. The minimum atomic E-state index is -1.16. The second-order valence-electron chi connectivity index (χ2n) is 7.13. The van der Waals surface area contributed by atoms with Gasteiger partial charge in [-0.15, -0.1) is 0 Å². The molecular formula is C21H24ClF2N. The Balaban J connectivity index is 1.60. The van der Waals surface area contributed by atoms with E-state index in [-0.39, 0.29) is 5.15 Å². The molecule has 1 heterocycles. The van der Waals surface area contributed by atoms with Gasteiger partial charge in [-0.25, -0.2) is 9.37 Å². The smallest absolute Gasteiger partial charge is 0.205 e. The van der Waals surface area contributed by atoms with E-state index in [1.165, 1.54) is 44.1 Å². The Labute approximate surface area is 153 Å². The fourth-order valence-electron chi connectivity index (χ4n) is 3.80. The zero-order chi connectivity index (χ0) is 17.8. The van der Waals surface area contributed by atoms with Gasteiger partial charge in [0.1, 0.15) is 5.15 Å². The molecule has 1 aliphatic carbocycles. The highest BCUT2D eigenvalue weighted by Crippen LogP contribution is 2.33. The molecule has 0 spiro atoms. The van der Waals surface area contributed by atoms with Crippen molar-refractivity contribution in [2.45, 2.75) is 51.9 Å². The molecule has 25 heavy (non-hydrogen) atoms. The van der Waals surface area contributed by atoms with Gasteiger partial charge in [-0.2, -0.15) is 4.39 Å². The average molecular weight is 364 g/mol. The summed E-state index contributed by atoms with van der Waals surface area (Å²) in [6, 6.07) is 9.01. The molecule has 1 nitrogen and oxygen atoms in total. The molecule has 1 aromatic carbocycles. The summed E-state index contributed by atoms with van der Waals surface area (Å²) in [5.74, 6) is -0.369. The summed E-state index contributed by atoms with van der Waals surface area (Å²) in [6.07, 6.45) is 9.06. The van der Waals surface area contributed by atoms with Crippen LogP contribution in [0.4, 0.5) is 8.78 Å². The SMILES string of the molecule is CC[C@H]1CC[C@H](CCc2ccc(-c3cc(F)c(F)nc3Cl)cc2)CC1. The second kappa shape index (κ2) is 8.27. The molecule has 1 aliphatic rings. The van der Waals surface area contributed by atoms with Crippen molar-refractivity contribution in [2.24, 2.45) is 11.8 Å². The first-order chi connectivity index (χ1) is 12.1. The Morgan fingerprint density at radius 3 is 2.32 bits per heavy atom. The fraction of sp³-hybridized carbons (Fsp3) is 0.476. The zero-order valence-corrected chi connectivity index (χ0v) is 15.3. The third-order valence-electron chi connectivity index (χ3n) is 5.54.